The second-order valence-corrected chi connectivity index (χ2v) is 7.28. The van der Waals surface area contributed by atoms with Gasteiger partial charge in [0, 0.05) is 12.3 Å². The molecule has 0 radical (unpaired) electrons. The molecule has 1 aromatic carbocycles. The van der Waals surface area contributed by atoms with E-state index in [-0.39, 0.29) is 17.2 Å². The fourth-order valence-electron chi connectivity index (χ4n) is 2.89. The Bertz CT molecular complexity index is 1200. The van der Waals surface area contributed by atoms with Gasteiger partial charge >= 0.3 is 6.18 Å². The van der Waals surface area contributed by atoms with E-state index in [1.54, 1.807) is 12.3 Å². The first-order valence-corrected chi connectivity index (χ1v) is 9.29. The molecule has 0 saturated carbocycles. The number of thiophene rings is 1. The van der Waals surface area contributed by atoms with Crippen LogP contribution in [0.3, 0.4) is 0 Å². The SMILES string of the molecule is NC(=O)c1sc(-c2cnc3ccccn23)cc1OCc1cccc(C(F)(F)F)c1. The molecule has 1 amide bonds. The number of benzene rings is 1. The Balaban J connectivity index is 1.64. The molecule has 0 fully saturated rings. The predicted molar refractivity (Wildman–Crippen MR) is 103 cm³/mol. The number of alkyl halides is 3. The van der Waals surface area contributed by atoms with Crippen LogP contribution in [-0.4, -0.2) is 15.3 Å². The summed E-state index contributed by atoms with van der Waals surface area (Å²) in [6.07, 6.45) is -0.931. The predicted octanol–water partition coefficient (Wildman–Crippen LogP) is 4.76. The number of hydrogen-bond donors (Lipinski definition) is 1. The lowest BCUT2D eigenvalue weighted by molar-refractivity contribution is -0.137. The number of nitrogens with zero attached hydrogens (tertiary/aromatic N) is 2. The van der Waals surface area contributed by atoms with Crippen molar-refractivity contribution in [2.75, 3.05) is 0 Å². The molecule has 0 atom stereocenters. The highest BCUT2D eigenvalue weighted by Crippen LogP contribution is 2.37. The molecule has 0 aliphatic carbocycles. The second kappa shape index (κ2) is 7.25. The van der Waals surface area contributed by atoms with Gasteiger partial charge in [0.2, 0.25) is 0 Å². The van der Waals surface area contributed by atoms with Crippen molar-refractivity contribution >= 4 is 22.9 Å². The number of halogens is 3. The standard InChI is InChI=1S/C20H14F3N3O2S/c21-20(22,23)13-5-3-4-12(8-13)11-28-15-9-16(29-18(15)19(24)27)14-10-25-17-6-1-2-7-26(14)17/h1-10H,11H2,(H2,24,27). The van der Waals surface area contributed by atoms with Crippen molar-refractivity contribution in [1.82, 2.24) is 9.38 Å². The zero-order chi connectivity index (χ0) is 20.6. The number of fused-ring (bicyclic) bond motifs is 1. The molecule has 0 unspecified atom stereocenters. The van der Waals surface area contributed by atoms with Crippen molar-refractivity contribution in [3.05, 3.63) is 76.9 Å². The Hall–Kier alpha value is -3.33. The summed E-state index contributed by atoms with van der Waals surface area (Å²) in [6.45, 7) is -0.131. The highest BCUT2D eigenvalue weighted by Gasteiger charge is 2.30. The molecule has 4 rings (SSSR count). The number of amides is 1. The Labute approximate surface area is 167 Å². The maximum atomic E-state index is 12.9. The van der Waals surface area contributed by atoms with Gasteiger partial charge in [0.25, 0.3) is 5.91 Å². The summed E-state index contributed by atoms with van der Waals surface area (Å²) < 4.78 is 46.2. The molecule has 148 valence electrons. The van der Waals surface area contributed by atoms with Crippen molar-refractivity contribution in [3.63, 3.8) is 0 Å². The number of nitrogens with two attached hydrogens (primary N) is 1. The van der Waals surface area contributed by atoms with Crippen LogP contribution in [0.15, 0.2) is 60.9 Å². The van der Waals surface area contributed by atoms with E-state index in [0.29, 0.717) is 10.4 Å². The van der Waals surface area contributed by atoms with Crippen LogP contribution >= 0.6 is 11.3 Å². The van der Waals surface area contributed by atoms with Crippen LogP contribution in [-0.2, 0) is 12.8 Å². The van der Waals surface area contributed by atoms with Gasteiger partial charge in [-0.15, -0.1) is 11.3 Å². The van der Waals surface area contributed by atoms with Gasteiger partial charge < -0.3 is 10.5 Å². The molecule has 9 heteroatoms. The molecule has 4 aromatic rings. The zero-order valence-corrected chi connectivity index (χ0v) is 15.6. The number of rotatable bonds is 5. The number of hydrogen-bond acceptors (Lipinski definition) is 4. The zero-order valence-electron chi connectivity index (χ0n) is 14.8. The first-order chi connectivity index (χ1) is 13.8. The number of carbonyl (C=O) groups is 1. The van der Waals surface area contributed by atoms with E-state index in [0.717, 1.165) is 34.8 Å². The summed E-state index contributed by atoms with van der Waals surface area (Å²) in [5.74, 6) is -0.449. The Kier molecular flexibility index (Phi) is 4.75. The molecule has 0 aliphatic heterocycles. The van der Waals surface area contributed by atoms with Crippen molar-refractivity contribution in [2.24, 2.45) is 5.73 Å². The van der Waals surface area contributed by atoms with E-state index in [2.05, 4.69) is 4.98 Å². The van der Waals surface area contributed by atoms with Gasteiger partial charge in [-0.1, -0.05) is 18.2 Å². The molecule has 3 heterocycles. The number of carbonyl (C=O) groups excluding carboxylic acids is 1. The van der Waals surface area contributed by atoms with Crippen LogP contribution in [0.25, 0.3) is 16.2 Å². The second-order valence-electron chi connectivity index (χ2n) is 6.23. The van der Waals surface area contributed by atoms with Crippen LogP contribution in [0.2, 0.25) is 0 Å². The van der Waals surface area contributed by atoms with E-state index in [1.807, 2.05) is 28.8 Å². The molecule has 0 aliphatic rings. The molecule has 0 bridgehead atoms. The topological polar surface area (TPSA) is 69.6 Å². The lowest BCUT2D eigenvalue weighted by Gasteiger charge is -2.10. The van der Waals surface area contributed by atoms with E-state index in [9.17, 15) is 18.0 Å². The fourth-order valence-corrected chi connectivity index (χ4v) is 3.85. The van der Waals surface area contributed by atoms with Crippen molar-refractivity contribution in [3.8, 4) is 16.3 Å². The average Bonchev–Trinajstić information content (AvgIpc) is 3.30. The minimum absolute atomic E-state index is 0.131. The van der Waals surface area contributed by atoms with E-state index >= 15 is 0 Å². The van der Waals surface area contributed by atoms with Crippen LogP contribution in [0.5, 0.6) is 5.75 Å². The summed E-state index contributed by atoms with van der Waals surface area (Å²) in [5, 5.41) is 0. The molecule has 0 saturated heterocycles. The monoisotopic (exact) mass is 417 g/mol. The quantitative estimate of drug-likeness (QED) is 0.509. The van der Waals surface area contributed by atoms with Crippen molar-refractivity contribution in [2.45, 2.75) is 12.8 Å². The Morgan fingerprint density at radius 1 is 1.17 bits per heavy atom. The minimum Gasteiger partial charge on any atom is -0.487 e. The third kappa shape index (κ3) is 3.81. The van der Waals surface area contributed by atoms with Gasteiger partial charge in [0.15, 0.2) is 0 Å². The van der Waals surface area contributed by atoms with Gasteiger partial charge in [-0.2, -0.15) is 13.2 Å². The fraction of sp³-hybridized carbons (Fsp3) is 0.100. The minimum atomic E-state index is -4.44. The third-order valence-electron chi connectivity index (χ3n) is 4.24. The van der Waals surface area contributed by atoms with Crippen molar-refractivity contribution in [1.29, 1.82) is 0 Å². The van der Waals surface area contributed by atoms with Gasteiger partial charge in [-0.25, -0.2) is 4.98 Å². The van der Waals surface area contributed by atoms with Gasteiger partial charge in [-0.3, -0.25) is 9.20 Å². The molecule has 29 heavy (non-hydrogen) atoms. The summed E-state index contributed by atoms with van der Waals surface area (Å²) in [5.41, 5.74) is 6.53. The van der Waals surface area contributed by atoms with Crippen LogP contribution in [0, 0.1) is 0 Å². The first kappa shape index (κ1) is 19.0. The van der Waals surface area contributed by atoms with E-state index in [1.165, 1.54) is 12.1 Å². The lowest BCUT2D eigenvalue weighted by atomic mass is 10.1. The molecular weight excluding hydrogens is 403 g/mol. The summed E-state index contributed by atoms with van der Waals surface area (Å²) in [6, 6.07) is 12.1. The largest absolute Gasteiger partial charge is 0.487 e. The first-order valence-electron chi connectivity index (χ1n) is 8.48. The molecule has 3 aromatic heterocycles. The Morgan fingerprint density at radius 2 is 2.00 bits per heavy atom. The van der Waals surface area contributed by atoms with E-state index in [4.69, 9.17) is 10.5 Å². The number of primary amides is 1. The van der Waals surface area contributed by atoms with Gasteiger partial charge in [-0.05, 0) is 29.8 Å². The number of imidazole rings is 1. The maximum Gasteiger partial charge on any atom is 0.416 e. The average molecular weight is 417 g/mol. The summed E-state index contributed by atoms with van der Waals surface area (Å²) in [4.78, 5) is 17.1. The molecule has 0 spiro atoms. The number of pyridine rings is 1. The third-order valence-corrected chi connectivity index (χ3v) is 5.39. The van der Waals surface area contributed by atoms with Crippen LogP contribution < -0.4 is 10.5 Å². The van der Waals surface area contributed by atoms with Gasteiger partial charge in [0.1, 0.15) is 22.9 Å². The maximum absolute atomic E-state index is 12.9. The number of aromatic nitrogens is 2. The highest BCUT2D eigenvalue weighted by atomic mass is 32.1. The van der Waals surface area contributed by atoms with Crippen LogP contribution in [0.1, 0.15) is 20.8 Å². The molecule has 5 nitrogen and oxygen atoms in total. The summed E-state index contributed by atoms with van der Waals surface area (Å²) >= 11 is 1.14. The smallest absolute Gasteiger partial charge is 0.416 e. The summed E-state index contributed by atoms with van der Waals surface area (Å²) in [7, 11) is 0. The van der Waals surface area contributed by atoms with E-state index < -0.39 is 17.6 Å². The normalized spacial score (nSPS) is 11.7. The molecular formula is C20H14F3N3O2S. The lowest BCUT2D eigenvalue weighted by Crippen LogP contribution is -2.11. The molecule has 2 N–H and O–H groups in total. The number of ether oxygens (including phenoxy) is 1. The highest BCUT2D eigenvalue weighted by molar-refractivity contribution is 7.17. The van der Waals surface area contributed by atoms with Crippen molar-refractivity contribution < 1.29 is 22.7 Å². The Morgan fingerprint density at radius 3 is 2.76 bits per heavy atom. The van der Waals surface area contributed by atoms with Gasteiger partial charge in [0.05, 0.1) is 22.3 Å². The van der Waals surface area contributed by atoms with Crippen LogP contribution in [0.4, 0.5) is 13.2 Å².